The van der Waals surface area contributed by atoms with Crippen molar-refractivity contribution < 1.29 is 9.84 Å². The van der Waals surface area contributed by atoms with E-state index in [1.807, 2.05) is 48.7 Å². The molecule has 19 heavy (non-hydrogen) atoms. The van der Waals surface area contributed by atoms with E-state index >= 15 is 0 Å². The summed E-state index contributed by atoms with van der Waals surface area (Å²) in [7, 11) is 0. The van der Waals surface area contributed by atoms with Crippen LogP contribution < -0.4 is 10.5 Å². The van der Waals surface area contributed by atoms with Gasteiger partial charge in [-0.3, -0.25) is 0 Å². The molecule has 2 aromatic carbocycles. The average Bonchev–Trinajstić information content (AvgIpc) is 2.47. The van der Waals surface area contributed by atoms with E-state index in [2.05, 4.69) is 0 Å². The molecule has 2 rings (SSSR count). The zero-order chi connectivity index (χ0) is 13.7. The first-order valence-electron chi connectivity index (χ1n) is 6.02. The minimum absolute atomic E-state index is 0.0453. The molecule has 0 unspecified atom stereocenters. The van der Waals surface area contributed by atoms with Gasteiger partial charge in [0.25, 0.3) is 0 Å². The molecule has 3 nitrogen and oxygen atoms in total. The Balaban J connectivity index is 2.38. The average molecular weight is 275 g/mol. The molecule has 100 valence electrons. The predicted molar refractivity (Wildman–Crippen MR) is 78.6 cm³/mol. The van der Waals surface area contributed by atoms with E-state index in [4.69, 9.17) is 10.5 Å². The summed E-state index contributed by atoms with van der Waals surface area (Å²) in [6.45, 7) is 0.379. The number of aliphatic hydroxyl groups excluding tert-OH is 1. The Morgan fingerprint density at radius 2 is 1.84 bits per heavy atom. The first kappa shape index (κ1) is 13.9. The van der Waals surface area contributed by atoms with Crippen LogP contribution in [0.2, 0.25) is 0 Å². The molecule has 0 amide bonds. The molecule has 3 N–H and O–H groups in total. The summed E-state index contributed by atoms with van der Waals surface area (Å²) >= 11 is 1.65. The number of benzene rings is 2. The van der Waals surface area contributed by atoms with Gasteiger partial charge in [0.05, 0.1) is 6.61 Å². The van der Waals surface area contributed by atoms with Crippen LogP contribution in [0.3, 0.4) is 0 Å². The van der Waals surface area contributed by atoms with Crippen LogP contribution >= 0.6 is 11.8 Å². The first-order chi connectivity index (χ1) is 9.30. The molecule has 0 radical (unpaired) electrons. The van der Waals surface area contributed by atoms with Crippen molar-refractivity contribution in [2.75, 3.05) is 6.26 Å². The lowest BCUT2D eigenvalue weighted by atomic mass is 10.2. The smallest absolute Gasteiger partial charge is 0.133 e. The highest BCUT2D eigenvalue weighted by Crippen LogP contribution is 2.33. The lowest BCUT2D eigenvalue weighted by molar-refractivity contribution is 0.276. The number of thioether (sulfide) groups is 1. The third-order valence-electron chi connectivity index (χ3n) is 2.88. The van der Waals surface area contributed by atoms with Gasteiger partial charge in [0, 0.05) is 22.6 Å². The highest BCUT2D eigenvalue weighted by Gasteiger charge is 2.10. The molecule has 4 heteroatoms. The Kier molecular flexibility index (Phi) is 4.85. The zero-order valence-corrected chi connectivity index (χ0v) is 11.6. The van der Waals surface area contributed by atoms with Crippen molar-refractivity contribution in [3.05, 3.63) is 53.6 Å². The molecule has 0 atom stereocenters. The van der Waals surface area contributed by atoms with Crippen LogP contribution in [-0.4, -0.2) is 11.4 Å². The molecule has 0 bridgehead atoms. The summed E-state index contributed by atoms with van der Waals surface area (Å²) in [5.41, 5.74) is 7.56. The molecule has 0 saturated heterocycles. The Hall–Kier alpha value is -1.49. The SMILES string of the molecule is CSc1cccc(Oc2ccccc2CO)c1CN. The number of nitrogens with two attached hydrogens (primary N) is 1. The molecule has 0 aromatic heterocycles. The van der Waals surface area contributed by atoms with Gasteiger partial charge in [0.1, 0.15) is 11.5 Å². The fourth-order valence-electron chi connectivity index (χ4n) is 1.89. The monoisotopic (exact) mass is 275 g/mol. The van der Waals surface area contributed by atoms with E-state index in [0.717, 1.165) is 21.8 Å². The van der Waals surface area contributed by atoms with Crippen LogP contribution in [0, 0.1) is 0 Å². The van der Waals surface area contributed by atoms with Gasteiger partial charge in [-0.2, -0.15) is 0 Å². The summed E-state index contributed by atoms with van der Waals surface area (Å²) < 4.78 is 5.91. The van der Waals surface area contributed by atoms with Crippen LogP contribution in [0.15, 0.2) is 47.4 Å². The quantitative estimate of drug-likeness (QED) is 0.823. The molecule has 0 spiro atoms. The highest BCUT2D eigenvalue weighted by molar-refractivity contribution is 7.98. The normalized spacial score (nSPS) is 10.5. The van der Waals surface area contributed by atoms with E-state index in [1.54, 1.807) is 11.8 Å². The summed E-state index contributed by atoms with van der Waals surface area (Å²) in [5, 5.41) is 9.31. The van der Waals surface area contributed by atoms with Gasteiger partial charge in [-0.25, -0.2) is 0 Å². The maximum atomic E-state index is 9.31. The molecule has 0 aliphatic rings. The molecular weight excluding hydrogens is 258 g/mol. The van der Waals surface area contributed by atoms with E-state index in [9.17, 15) is 5.11 Å². The second-order valence-electron chi connectivity index (χ2n) is 4.01. The predicted octanol–water partition coefficient (Wildman–Crippen LogP) is 3.15. The minimum atomic E-state index is -0.0453. The van der Waals surface area contributed by atoms with Crippen LogP contribution in [0.4, 0.5) is 0 Å². The van der Waals surface area contributed by atoms with E-state index < -0.39 is 0 Å². The molecular formula is C15H17NO2S. The molecule has 0 fully saturated rings. The Bertz CT molecular complexity index is 558. The van der Waals surface area contributed by atoms with Gasteiger partial charge in [0.15, 0.2) is 0 Å². The van der Waals surface area contributed by atoms with Crippen molar-refractivity contribution in [3.63, 3.8) is 0 Å². The molecule has 0 saturated carbocycles. The minimum Gasteiger partial charge on any atom is -0.457 e. The van der Waals surface area contributed by atoms with E-state index in [-0.39, 0.29) is 6.61 Å². The van der Waals surface area contributed by atoms with Crippen molar-refractivity contribution in [3.8, 4) is 11.5 Å². The highest BCUT2D eigenvalue weighted by atomic mass is 32.2. The van der Waals surface area contributed by atoms with Crippen molar-refractivity contribution in [2.45, 2.75) is 18.0 Å². The third kappa shape index (κ3) is 3.10. The summed E-state index contributed by atoms with van der Waals surface area (Å²) in [4.78, 5) is 1.11. The van der Waals surface area contributed by atoms with E-state index in [0.29, 0.717) is 12.3 Å². The standard InChI is InChI=1S/C15H17NO2S/c1-19-15-8-4-7-14(12(15)9-16)18-13-6-3-2-5-11(13)10-17/h2-8,17H,9-10,16H2,1H3. The van der Waals surface area contributed by atoms with Crippen LogP contribution in [0.5, 0.6) is 11.5 Å². The number of rotatable bonds is 5. The molecule has 2 aromatic rings. The van der Waals surface area contributed by atoms with Gasteiger partial charge < -0.3 is 15.6 Å². The fourth-order valence-corrected chi connectivity index (χ4v) is 2.53. The van der Waals surface area contributed by atoms with Crippen molar-refractivity contribution in [1.82, 2.24) is 0 Å². The Morgan fingerprint density at radius 1 is 1.11 bits per heavy atom. The van der Waals surface area contributed by atoms with Crippen molar-refractivity contribution in [1.29, 1.82) is 0 Å². The van der Waals surface area contributed by atoms with Gasteiger partial charge in [-0.05, 0) is 24.5 Å². The lowest BCUT2D eigenvalue weighted by Crippen LogP contribution is -2.02. The Labute approximate surface area is 117 Å². The van der Waals surface area contributed by atoms with E-state index in [1.165, 1.54) is 0 Å². The lowest BCUT2D eigenvalue weighted by Gasteiger charge is -2.14. The largest absolute Gasteiger partial charge is 0.457 e. The second kappa shape index (κ2) is 6.61. The number of hydrogen-bond donors (Lipinski definition) is 2. The molecule has 0 aliphatic heterocycles. The number of hydrogen-bond acceptors (Lipinski definition) is 4. The Morgan fingerprint density at radius 3 is 2.53 bits per heavy atom. The summed E-state index contributed by atoms with van der Waals surface area (Å²) in [6, 6.07) is 13.3. The van der Waals surface area contributed by atoms with Crippen LogP contribution in [0.1, 0.15) is 11.1 Å². The number of ether oxygens (including phenoxy) is 1. The van der Waals surface area contributed by atoms with Crippen molar-refractivity contribution in [2.24, 2.45) is 5.73 Å². The molecule has 0 heterocycles. The third-order valence-corrected chi connectivity index (χ3v) is 3.70. The zero-order valence-electron chi connectivity index (χ0n) is 10.8. The van der Waals surface area contributed by atoms with Crippen molar-refractivity contribution >= 4 is 11.8 Å². The van der Waals surface area contributed by atoms with Crippen LogP contribution in [-0.2, 0) is 13.2 Å². The first-order valence-corrected chi connectivity index (χ1v) is 7.25. The summed E-state index contributed by atoms with van der Waals surface area (Å²) in [5.74, 6) is 1.41. The van der Waals surface area contributed by atoms with Gasteiger partial charge in [-0.15, -0.1) is 11.8 Å². The van der Waals surface area contributed by atoms with Crippen LogP contribution in [0.25, 0.3) is 0 Å². The number of aliphatic hydroxyl groups is 1. The topological polar surface area (TPSA) is 55.5 Å². The maximum Gasteiger partial charge on any atom is 0.133 e. The maximum absolute atomic E-state index is 9.31. The van der Waals surface area contributed by atoms with Gasteiger partial charge >= 0.3 is 0 Å². The second-order valence-corrected chi connectivity index (χ2v) is 4.86. The van der Waals surface area contributed by atoms with Gasteiger partial charge in [0.2, 0.25) is 0 Å². The molecule has 0 aliphatic carbocycles. The number of para-hydroxylation sites is 1. The van der Waals surface area contributed by atoms with Gasteiger partial charge in [-0.1, -0.05) is 24.3 Å². The summed E-state index contributed by atoms with van der Waals surface area (Å²) in [6.07, 6.45) is 2.01. The fraction of sp³-hybridized carbons (Fsp3) is 0.200.